The zero-order valence-corrected chi connectivity index (χ0v) is 15.2. The summed E-state index contributed by atoms with van der Waals surface area (Å²) in [5, 5.41) is 5.56. The van der Waals surface area contributed by atoms with E-state index in [9.17, 15) is 13.6 Å². The molecule has 0 saturated carbocycles. The normalized spacial score (nSPS) is 10.2. The van der Waals surface area contributed by atoms with Gasteiger partial charge < -0.3 is 20.3 Å². The van der Waals surface area contributed by atoms with E-state index in [1.165, 1.54) is 6.07 Å². The van der Waals surface area contributed by atoms with Gasteiger partial charge in [-0.3, -0.25) is 4.79 Å². The highest BCUT2D eigenvalue weighted by Crippen LogP contribution is 2.19. The number of halogens is 2. The van der Waals surface area contributed by atoms with E-state index in [1.807, 2.05) is 6.92 Å². The molecule has 0 radical (unpaired) electrons. The fourth-order valence-electron chi connectivity index (χ4n) is 2.20. The first-order valence-electron chi connectivity index (χ1n) is 7.88. The number of thiocarbonyl (C=S) groups is 1. The van der Waals surface area contributed by atoms with Crippen LogP contribution in [0.25, 0.3) is 0 Å². The van der Waals surface area contributed by atoms with Gasteiger partial charge in [0.05, 0.1) is 13.7 Å². The Labute approximate surface area is 156 Å². The number of nitrogens with one attached hydrogen (secondary N) is 2. The SMILES string of the molecule is CCN(CC(=O)Nc1c(F)cccc1F)C(=S)Nc1cccc(OC)c1. The fourth-order valence-corrected chi connectivity index (χ4v) is 2.51. The Balaban J connectivity index is 2.01. The molecule has 0 aromatic heterocycles. The summed E-state index contributed by atoms with van der Waals surface area (Å²) in [4.78, 5) is 13.7. The average molecular weight is 379 g/mol. The van der Waals surface area contributed by atoms with Crippen molar-refractivity contribution in [3.8, 4) is 5.75 Å². The van der Waals surface area contributed by atoms with Gasteiger partial charge in [0.1, 0.15) is 23.1 Å². The van der Waals surface area contributed by atoms with Crippen molar-refractivity contribution in [2.24, 2.45) is 0 Å². The summed E-state index contributed by atoms with van der Waals surface area (Å²) in [6.07, 6.45) is 0. The van der Waals surface area contributed by atoms with Crippen LogP contribution < -0.4 is 15.4 Å². The van der Waals surface area contributed by atoms with E-state index in [4.69, 9.17) is 17.0 Å². The van der Waals surface area contributed by atoms with Gasteiger partial charge >= 0.3 is 0 Å². The topological polar surface area (TPSA) is 53.6 Å². The molecule has 0 aliphatic rings. The first kappa shape index (κ1) is 19.6. The second-order valence-electron chi connectivity index (χ2n) is 5.32. The van der Waals surface area contributed by atoms with E-state index in [1.54, 1.807) is 36.3 Å². The molecule has 0 unspecified atom stereocenters. The summed E-state index contributed by atoms with van der Waals surface area (Å²) in [6.45, 7) is 2.10. The molecule has 0 aliphatic heterocycles. The lowest BCUT2D eigenvalue weighted by Crippen LogP contribution is -2.40. The van der Waals surface area contributed by atoms with E-state index in [0.29, 0.717) is 23.1 Å². The van der Waals surface area contributed by atoms with Gasteiger partial charge in [-0.05, 0) is 43.4 Å². The number of rotatable bonds is 6. The molecule has 2 aromatic carbocycles. The van der Waals surface area contributed by atoms with Crippen LogP contribution in [0.15, 0.2) is 42.5 Å². The number of likely N-dealkylation sites (N-methyl/N-ethyl adjacent to an activating group) is 1. The molecule has 2 N–H and O–H groups in total. The summed E-state index contributed by atoms with van der Waals surface area (Å²) in [7, 11) is 1.56. The predicted molar refractivity (Wildman–Crippen MR) is 101 cm³/mol. The lowest BCUT2D eigenvalue weighted by atomic mass is 10.3. The van der Waals surface area contributed by atoms with Crippen LogP contribution in [0.1, 0.15) is 6.92 Å². The van der Waals surface area contributed by atoms with Gasteiger partial charge in [-0.15, -0.1) is 0 Å². The van der Waals surface area contributed by atoms with Crippen LogP contribution >= 0.6 is 12.2 Å². The minimum Gasteiger partial charge on any atom is -0.497 e. The van der Waals surface area contributed by atoms with Gasteiger partial charge in [-0.25, -0.2) is 8.78 Å². The van der Waals surface area contributed by atoms with Crippen LogP contribution in [0.5, 0.6) is 5.75 Å². The summed E-state index contributed by atoms with van der Waals surface area (Å²) in [5.74, 6) is -1.59. The highest BCUT2D eigenvalue weighted by Gasteiger charge is 2.16. The smallest absolute Gasteiger partial charge is 0.244 e. The molecule has 0 spiro atoms. The van der Waals surface area contributed by atoms with Crippen molar-refractivity contribution in [3.63, 3.8) is 0 Å². The van der Waals surface area contributed by atoms with Crippen molar-refractivity contribution in [3.05, 3.63) is 54.1 Å². The third kappa shape index (κ3) is 5.13. The van der Waals surface area contributed by atoms with E-state index in [0.717, 1.165) is 12.1 Å². The molecular formula is C18H19F2N3O2S. The van der Waals surface area contributed by atoms with E-state index < -0.39 is 23.2 Å². The quantitative estimate of drug-likeness (QED) is 0.751. The Hall–Kier alpha value is -2.74. The number of hydrogen-bond acceptors (Lipinski definition) is 3. The third-order valence-electron chi connectivity index (χ3n) is 3.55. The van der Waals surface area contributed by atoms with Crippen LogP contribution in [0.4, 0.5) is 20.2 Å². The largest absolute Gasteiger partial charge is 0.497 e. The summed E-state index contributed by atoms with van der Waals surface area (Å²) >= 11 is 5.32. The molecule has 8 heteroatoms. The number of para-hydroxylation sites is 1. The number of methoxy groups -OCH3 is 1. The van der Waals surface area contributed by atoms with E-state index in [2.05, 4.69) is 10.6 Å². The molecular weight excluding hydrogens is 360 g/mol. The van der Waals surface area contributed by atoms with Gasteiger partial charge in [0.2, 0.25) is 5.91 Å². The monoisotopic (exact) mass is 379 g/mol. The van der Waals surface area contributed by atoms with Crippen molar-refractivity contribution in [2.45, 2.75) is 6.92 Å². The Morgan fingerprint density at radius 3 is 2.42 bits per heavy atom. The lowest BCUT2D eigenvalue weighted by molar-refractivity contribution is -0.116. The van der Waals surface area contributed by atoms with Crippen LogP contribution in [-0.2, 0) is 4.79 Å². The van der Waals surface area contributed by atoms with Crippen molar-refractivity contribution in [2.75, 3.05) is 30.8 Å². The second kappa shape index (κ2) is 9.10. The fraction of sp³-hybridized carbons (Fsp3) is 0.222. The predicted octanol–water partition coefficient (Wildman–Crippen LogP) is 3.63. The van der Waals surface area contributed by atoms with Crippen LogP contribution in [0.2, 0.25) is 0 Å². The van der Waals surface area contributed by atoms with Crippen LogP contribution in [0, 0.1) is 11.6 Å². The van der Waals surface area contributed by atoms with Crippen LogP contribution in [-0.4, -0.2) is 36.1 Å². The van der Waals surface area contributed by atoms with Crippen molar-refractivity contribution >= 4 is 34.6 Å². The molecule has 2 aromatic rings. The van der Waals surface area contributed by atoms with Crippen LogP contribution in [0.3, 0.4) is 0 Å². The number of amides is 1. The number of nitrogens with zero attached hydrogens (tertiary/aromatic N) is 1. The molecule has 2 rings (SSSR count). The number of carbonyl (C=O) groups excluding carboxylic acids is 1. The van der Waals surface area contributed by atoms with Gasteiger partial charge in [0, 0.05) is 18.3 Å². The first-order chi connectivity index (χ1) is 12.4. The number of benzene rings is 2. The molecule has 0 saturated heterocycles. The van der Waals surface area contributed by atoms with Crippen molar-refractivity contribution in [1.82, 2.24) is 4.90 Å². The maximum Gasteiger partial charge on any atom is 0.244 e. The summed E-state index contributed by atoms with van der Waals surface area (Å²) < 4.78 is 32.4. The Bertz CT molecular complexity index is 782. The summed E-state index contributed by atoms with van der Waals surface area (Å²) in [6, 6.07) is 10.5. The highest BCUT2D eigenvalue weighted by atomic mass is 32.1. The third-order valence-corrected chi connectivity index (χ3v) is 3.91. The average Bonchev–Trinajstić information content (AvgIpc) is 2.63. The minimum atomic E-state index is -0.835. The molecule has 138 valence electrons. The van der Waals surface area contributed by atoms with Crippen molar-refractivity contribution in [1.29, 1.82) is 0 Å². The molecule has 1 amide bonds. The highest BCUT2D eigenvalue weighted by molar-refractivity contribution is 7.80. The van der Waals surface area contributed by atoms with Crippen molar-refractivity contribution < 1.29 is 18.3 Å². The number of carbonyl (C=O) groups is 1. The van der Waals surface area contributed by atoms with E-state index in [-0.39, 0.29) is 6.54 Å². The molecule has 26 heavy (non-hydrogen) atoms. The Kier molecular flexibility index (Phi) is 6.85. The van der Waals surface area contributed by atoms with Gasteiger partial charge in [-0.1, -0.05) is 12.1 Å². The zero-order valence-electron chi connectivity index (χ0n) is 14.4. The number of hydrogen-bond donors (Lipinski definition) is 2. The number of ether oxygens (including phenoxy) is 1. The molecule has 0 fully saturated rings. The van der Waals surface area contributed by atoms with Gasteiger partial charge in [0.15, 0.2) is 5.11 Å². The van der Waals surface area contributed by atoms with Gasteiger partial charge in [-0.2, -0.15) is 0 Å². The number of anilines is 2. The molecule has 0 heterocycles. The van der Waals surface area contributed by atoms with E-state index >= 15 is 0 Å². The molecule has 0 aliphatic carbocycles. The minimum absolute atomic E-state index is 0.153. The Morgan fingerprint density at radius 2 is 1.81 bits per heavy atom. The lowest BCUT2D eigenvalue weighted by Gasteiger charge is -2.24. The first-order valence-corrected chi connectivity index (χ1v) is 8.29. The van der Waals surface area contributed by atoms with Gasteiger partial charge in [0.25, 0.3) is 0 Å². The maximum absolute atomic E-state index is 13.6. The Morgan fingerprint density at radius 1 is 1.15 bits per heavy atom. The maximum atomic E-state index is 13.6. The standard InChI is InChI=1S/C18H19F2N3O2S/c1-3-23(18(26)21-12-6-4-7-13(10-12)25-2)11-16(24)22-17-14(19)8-5-9-15(17)20/h4-10H,3,11H2,1-2H3,(H,21,26)(H,22,24). The molecule has 0 atom stereocenters. The zero-order chi connectivity index (χ0) is 19.1. The molecule has 5 nitrogen and oxygen atoms in total. The molecule has 0 bridgehead atoms. The summed E-state index contributed by atoms with van der Waals surface area (Å²) in [5.41, 5.74) is 0.230. The second-order valence-corrected chi connectivity index (χ2v) is 5.71.